The zero-order valence-corrected chi connectivity index (χ0v) is 13.4. The van der Waals surface area contributed by atoms with Gasteiger partial charge in [-0.15, -0.1) is 12.4 Å². The molecule has 0 aliphatic carbocycles. The van der Waals surface area contributed by atoms with Crippen LogP contribution < -0.4 is 5.32 Å². The Morgan fingerprint density at radius 3 is 2.52 bits per heavy atom. The summed E-state index contributed by atoms with van der Waals surface area (Å²) in [6, 6.07) is 0.510. The highest BCUT2D eigenvalue weighted by Gasteiger charge is 2.38. The van der Waals surface area contributed by atoms with Crippen molar-refractivity contribution in [3.8, 4) is 0 Å². The molecule has 3 heterocycles. The van der Waals surface area contributed by atoms with E-state index in [1.165, 1.54) is 0 Å². The molecular formula is C14H25ClN4O2. The van der Waals surface area contributed by atoms with E-state index in [4.69, 9.17) is 0 Å². The molecule has 3 aliphatic rings. The zero-order valence-electron chi connectivity index (χ0n) is 12.6. The molecule has 6 nitrogen and oxygen atoms in total. The standard InChI is InChI=1S/C14H24N4O2.ClH/c1-16-9-11(8-13(16)19)14(20)18-5-2-12(10-18)17-6-3-15-4-7-17;/h11-12,15H,2-10H2,1H3;1H. The van der Waals surface area contributed by atoms with Crippen molar-refractivity contribution in [2.75, 3.05) is 52.9 Å². The molecule has 2 atom stereocenters. The minimum Gasteiger partial charge on any atom is -0.345 e. The molecule has 1 N–H and O–H groups in total. The molecule has 0 radical (unpaired) electrons. The van der Waals surface area contributed by atoms with Crippen LogP contribution in [0.1, 0.15) is 12.8 Å². The highest BCUT2D eigenvalue weighted by atomic mass is 35.5. The summed E-state index contributed by atoms with van der Waals surface area (Å²) in [5, 5.41) is 3.36. The second-order valence-corrected chi connectivity index (χ2v) is 6.19. The van der Waals surface area contributed by atoms with Crippen molar-refractivity contribution in [3.05, 3.63) is 0 Å². The smallest absolute Gasteiger partial charge is 0.228 e. The molecule has 2 unspecified atom stereocenters. The number of carbonyl (C=O) groups is 2. The summed E-state index contributed by atoms with van der Waals surface area (Å²) in [4.78, 5) is 30.2. The molecule has 0 spiro atoms. The Morgan fingerprint density at radius 2 is 1.90 bits per heavy atom. The summed E-state index contributed by atoms with van der Waals surface area (Å²) in [6.45, 7) is 6.54. The summed E-state index contributed by atoms with van der Waals surface area (Å²) in [5.41, 5.74) is 0. The van der Waals surface area contributed by atoms with Gasteiger partial charge >= 0.3 is 0 Å². The summed E-state index contributed by atoms with van der Waals surface area (Å²) < 4.78 is 0. The van der Waals surface area contributed by atoms with E-state index in [0.717, 1.165) is 45.7 Å². The highest BCUT2D eigenvalue weighted by molar-refractivity contribution is 5.89. The average Bonchev–Trinajstić information content (AvgIpc) is 3.07. The lowest BCUT2D eigenvalue weighted by molar-refractivity contribution is -0.135. The second-order valence-electron chi connectivity index (χ2n) is 6.19. The van der Waals surface area contributed by atoms with Crippen LogP contribution in [0.15, 0.2) is 0 Å². The summed E-state index contributed by atoms with van der Waals surface area (Å²) in [5.74, 6) is 0.163. The van der Waals surface area contributed by atoms with E-state index in [2.05, 4.69) is 10.2 Å². The highest BCUT2D eigenvalue weighted by Crippen LogP contribution is 2.23. The lowest BCUT2D eigenvalue weighted by atomic mass is 10.1. The van der Waals surface area contributed by atoms with Crippen LogP contribution in [-0.2, 0) is 9.59 Å². The number of likely N-dealkylation sites (tertiary alicyclic amines) is 2. The van der Waals surface area contributed by atoms with Crippen molar-refractivity contribution in [2.24, 2.45) is 5.92 Å². The fourth-order valence-electron chi connectivity index (χ4n) is 3.57. The summed E-state index contributed by atoms with van der Waals surface area (Å²) in [7, 11) is 1.78. The molecule has 0 saturated carbocycles. The lowest BCUT2D eigenvalue weighted by Crippen LogP contribution is -2.49. The summed E-state index contributed by atoms with van der Waals surface area (Å²) in [6.07, 6.45) is 1.46. The van der Waals surface area contributed by atoms with Crippen molar-refractivity contribution < 1.29 is 9.59 Å². The van der Waals surface area contributed by atoms with E-state index >= 15 is 0 Å². The predicted octanol–water partition coefficient (Wildman–Crippen LogP) is -0.607. The lowest BCUT2D eigenvalue weighted by Gasteiger charge is -2.32. The van der Waals surface area contributed by atoms with Crippen LogP contribution in [0.25, 0.3) is 0 Å². The number of rotatable bonds is 2. The van der Waals surface area contributed by atoms with Gasteiger partial charge in [0.25, 0.3) is 0 Å². The summed E-state index contributed by atoms with van der Waals surface area (Å²) >= 11 is 0. The topological polar surface area (TPSA) is 55.9 Å². The van der Waals surface area contributed by atoms with Gasteiger partial charge in [0.2, 0.25) is 11.8 Å². The van der Waals surface area contributed by atoms with Gasteiger partial charge in [-0.3, -0.25) is 14.5 Å². The minimum absolute atomic E-state index is 0. The second kappa shape index (κ2) is 6.94. The van der Waals surface area contributed by atoms with E-state index in [9.17, 15) is 9.59 Å². The Kier molecular flexibility index (Phi) is 5.46. The number of carbonyl (C=O) groups excluding carboxylic acids is 2. The molecule has 3 rings (SSSR count). The van der Waals surface area contributed by atoms with Gasteiger partial charge in [-0.1, -0.05) is 0 Å². The molecule has 21 heavy (non-hydrogen) atoms. The minimum atomic E-state index is -0.116. The SMILES string of the molecule is CN1CC(C(=O)N2CCC(N3CCNCC3)C2)CC1=O.Cl. The first-order chi connectivity index (χ1) is 9.65. The first-order valence-corrected chi connectivity index (χ1v) is 7.62. The molecule has 0 aromatic rings. The van der Waals surface area contributed by atoms with Crippen LogP contribution in [0.4, 0.5) is 0 Å². The van der Waals surface area contributed by atoms with Gasteiger partial charge < -0.3 is 15.1 Å². The average molecular weight is 317 g/mol. The zero-order chi connectivity index (χ0) is 14.1. The largest absolute Gasteiger partial charge is 0.345 e. The predicted molar refractivity (Wildman–Crippen MR) is 82.4 cm³/mol. The van der Waals surface area contributed by atoms with Crippen molar-refractivity contribution >= 4 is 24.2 Å². The number of nitrogens with one attached hydrogen (secondary N) is 1. The first kappa shape index (κ1) is 16.5. The molecule has 0 aromatic heterocycles. The van der Waals surface area contributed by atoms with Gasteiger partial charge in [0, 0.05) is 65.3 Å². The van der Waals surface area contributed by atoms with Crippen LogP contribution >= 0.6 is 12.4 Å². The number of amides is 2. The van der Waals surface area contributed by atoms with E-state index < -0.39 is 0 Å². The third-order valence-corrected chi connectivity index (χ3v) is 4.83. The van der Waals surface area contributed by atoms with Gasteiger partial charge in [0.05, 0.1) is 5.92 Å². The van der Waals surface area contributed by atoms with Gasteiger partial charge in [-0.05, 0) is 6.42 Å². The number of nitrogens with zero attached hydrogens (tertiary/aromatic N) is 3. The fraction of sp³-hybridized carbons (Fsp3) is 0.857. The van der Waals surface area contributed by atoms with E-state index in [1.54, 1.807) is 11.9 Å². The maximum Gasteiger partial charge on any atom is 0.228 e. The Morgan fingerprint density at radius 1 is 1.19 bits per heavy atom. The van der Waals surface area contributed by atoms with Gasteiger partial charge in [0.1, 0.15) is 0 Å². The number of hydrogen-bond donors (Lipinski definition) is 1. The third kappa shape index (κ3) is 3.49. The van der Waals surface area contributed by atoms with Crippen LogP contribution in [-0.4, -0.2) is 85.4 Å². The first-order valence-electron chi connectivity index (χ1n) is 7.62. The van der Waals surface area contributed by atoms with Crippen LogP contribution in [0.5, 0.6) is 0 Å². The normalized spacial score (nSPS) is 30.6. The number of piperazine rings is 1. The van der Waals surface area contributed by atoms with Gasteiger partial charge in [-0.25, -0.2) is 0 Å². The van der Waals surface area contributed by atoms with Crippen molar-refractivity contribution in [2.45, 2.75) is 18.9 Å². The van der Waals surface area contributed by atoms with Crippen molar-refractivity contribution in [1.82, 2.24) is 20.0 Å². The Hall–Kier alpha value is -0.850. The van der Waals surface area contributed by atoms with E-state index in [0.29, 0.717) is 19.0 Å². The quantitative estimate of drug-likeness (QED) is 0.739. The third-order valence-electron chi connectivity index (χ3n) is 4.83. The monoisotopic (exact) mass is 316 g/mol. The maximum absolute atomic E-state index is 12.5. The molecule has 120 valence electrons. The van der Waals surface area contributed by atoms with Gasteiger partial charge in [-0.2, -0.15) is 0 Å². The Labute approximate surface area is 132 Å². The van der Waals surface area contributed by atoms with E-state index in [-0.39, 0.29) is 30.1 Å². The molecule has 0 bridgehead atoms. The molecule has 7 heteroatoms. The number of hydrogen-bond acceptors (Lipinski definition) is 4. The molecule has 3 fully saturated rings. The maximum atomic E-state index is 12.5. The molecule has 0 aromatic carbocycles. The number of halogens is 1. The molecule has 3 saturated heterocycles. The van der Waals surface area contributed by atoms with Crippen LogP contribution in [0, 0.1) is 5.92 Å². The van der Waals surface area contributed by atoms with Crippen LogP contribution in [0.3, 0.4) is 0 Å². The Bertz CT molecular complexity index is 400. The van der Waals surface area contributed by atoms with Crippen molar-refractivity contribution in [1.29, 1.82) is 0 Å². The Balaban J connectivity index is 0.00000161. The van der Waals surface area contributed by atoms with Crippen molar-refractivity contribution in [3.63, 3.8) is 0 Å². The van der Waals surface area contributed by atoms with Crippen LogP contribution in [0.2, 0.25) is 0 Å². The molecule has 2 amide bonds. The van der Waals surface area contributed by atoms with E-state index in [1.807, 2.05) is 4.90 Å². The fourth-order valence-corrected chi connectivity index (χ4v) is 3.57. The van der Waals surface area contributed by atoms with Gasteiger partial charge in [0.15, 0.2) is 0 Å². The molecule has 3 aliphatic heterocycles. The molecular weight excluding hydrogens is 292 g/mol.